The minimum Gasteiger partial charge on any atom is -0.497 e. The van der Waals surface area contributed by atoms with E-state index in [9.17, 15) is 4.79 Å². The number of Topliss-reactive ketones (excluding diaryl/α,β-unsaturated/α-hetero) is 1. The molecule has 19 heavy (non-hydrogen) atoms. The summed E-state index contributed by atoms with van der Waals surface area (Å²) in [5.41, 5.74) is 2.95. The lowest BCUT2D eigenvalue weighted by Crippen LogP contribution is -1.90. The van der Waals surface area contributed by atoms with E-state index in [-0.39, 0.29) is 5.78 Å². The Balaban J connectivity index is 0.000000861. The SMILES string of the molecule is CC.COc1ccc(-c2ccc(C(C)=O)cc2)cc1. The van der Waals surface area contributed by atoms with Crippen molar-refractivity contribution in [2.45, 2.75) is 20.8 Å². The molecule has 0 atom stereocenters. The first kappa shape index (κ1) is 15.0. The molecule has 0 bridgehead atoms. The van der Waals surface area contributed by atoms with Crippen molar-refractivity contribution in [2.75, 3.05) is 7.11 Å². The topological polar surface area (TPSA) is 26.3 Å². The molecule has 2 rings (SSSR count). The normalized spacial score (nSPS) is 9.26. The molecule has 0 fully saturated rings. The molecule has 0 saturated heterocycles. The predicted molar refractivity (Wildman–Crippen MR) is 79.8 cm³/mol. The van der Waals surface area contributed by atoms with Gasteiger partial charge in [0, 0.05) is 5.56 Å². The van der Waals surface area contributed by atoms with Gasteiger partial charge in [0.1, 0.15) is 5.75 Å². The van der Waals surface area contributed by atoms with Crippen LogP contribution in [0.25, 0.3) is 11.1 Å². The number of ether oxygens (including phenoxy) is 1. The van der Waals surface area contributed by atoms with E-state index in [4.69, 9.17) is 4.74 Å². The van der Waals surface area contributed by atoms with Crippen molar-refractivity contribution >= 4 is 5.78 Å². The third kappa shape index (κ3) is 3.95. The third-order valence-corrected chi connectivity index (χ3v) is 2.71. The molecule has 2 aromatic rings. The Morgan fingerprint density at radius 1 is 0.842 bits per heavy atom. The quantitative estimate of drug-likeness (QED) is 0.751. The van der Waals surface area contributed by atoms with E-state index in [1.165, 1.54) is 0 Å². The van der Waals surface area contributed by atoms with E-state index >= 15 is 0 Å². The first-order chi connectivity index (χ1) is 9.20. The van der Waals surface area contributed by atoms with Gasteiger partial charge in [0.15, 0.2) is 5.78 Å². The predicted octanol–water partition coefficient (Wildman–Crippen LogP) is 4.59. The summed E-state index contributed by atoms with van der Waals surface area (Å²) in [6, 6.07) is 15.5. The lowest BCUT2D eigenvalue weighted by molar-refractivity contribution is 0.101. The fraction of sp³-hybridized carbons (Fsp3) is 0.235. The summed E-state index contributed by atoms with van der Waals surface area (Å²) < 4.78 is 5.11. The van der Waals surface area contributed by atoms with Gasteiger partial charge < -0.3 is 4.74 Å². The van der Waals surface area contributed by atoms with E-state index in [0.29, 0.717) is 0 Å². The van der Waals surface area contributed by atoms with Crippen molar-refractivity contribution in [1.82, 2.24) is 0 Å². The maximum atomic E-state index is 11.2. The van der Waals surface area contributed by atoms with Gasteiger partial charge in [-0.05, 0) is 30.2 Å². The first-order valence-corrected chi connectivity index (χ1v) is 6.46. The van der Waals surface area contributed by atoms with Crippen molar-refractivity contribution in [1.29, 1.82) is 0 Å². The molecule has 0 aliphatic carbocycles. The Bertz CT molecular complexity index is 510. The summed E-state index contributed by atoms with van der Waals surface area (Å²) >= 11 is 0. The van der Waals surface area contributed by atoms with Crippen molar-refractivity contribution in [3.63, 3.8) is 0 Å². The van der Waals surface area contributed by atoms with Gasteiger partial charge in [-0.15, -0.1) is 0 Å². The van der Waals surface area contributed by atoms with Crippen LogP contribution in [0.4, 0.5) is 0 Å². The van der Waals surface area contributed by atoms with E-state index in [1.807, 2.05) is 62.4 Å². The maximum Gasteiger partial charge on any atom is 0.159 e. The fourth-order valence-electron chi connectivity index (χ4n) is 1.68. The Morgan fingerprint density at radius 3 is 1.63 bits per heavy atom. The van der Waals surface area contributed by atoms with E-state index in [0.717, 1.165) is 22.4 Å². The lowest BCUT2D eigenvalue weighted by Gasteiger charge is -2.04. The molecule has 0 saturated carbocycles. The van der Waals surface area contributed by atoms with Crippen LogP contribution >= 0.6 is 0 Å². The highest BCUT2D eigenvalue weighted by molar-refractivity contribution is 5.94. The standard InChI is InChI=1S/C15H14O2.C2H6/c1-11(16)12-3-5-13(6-4-12)14-7-9-15(17-2)10-8-14;1-2/h3-10H,1-2H3;1-2H3. The number of carbonyl (C=O) groups excluding carboxylic acids is 1. The van der Waals surface area contributed by atoms with Gasteiger partial charge in [-0.3, -0.25) is 4.79 Å². The van der Waals surface area contributed by atoms with Crippen LogP contribution in [0, 0.1) is 0 Å². The minimum absolute atomic E-state index is 0.0891. The molecule has 0 spiro atoms. The Kier molecular flexibility index (Phi) is 5.80. The van der Waals surface area contributed by atoms with Gasteiger partial charge in [-0.1, -0.05) is 50.2 Å². The lowest BCUT2D eigenvalue weighted by atomic mass is 10.0. The molecule has 0 aromatic heterocycles. The molecule has 100 valence electrons. The number of hydrogen-bond acceptors (Lipinski definition) is 2. The van der Waals surface area contributed by atoms with Crippen molar-refractivity contribution in [2.24, 2.45) is 0 Å². The second-order valence-electron chi connectivity index (χ2n) is 3.86. The summed E-state index contributed by atoms with van der Waals surface area (Å²) in [4.78, 5) is 11.2. The number of hydrogen-bond donors (Lipinski definition) is 0. The monoisotopic (exact) mass is 256 g/mol. The number of benzene rings is 2. The van der Waals surface area contributed by atoms with E-state index in [2.05, 4.69) is 0 Å². The average Bonchev–Trinajstić information content (AvgIpc) is 2.49. The summed E-state index contributed by atoms with van der Waals surface area (Å²) in [5.74, 6) is 0.931. The van der Waals surface area contributed by atoms with Gasteiger partial charge in [0.25, 0.3) is 0 Å². The molecule has 2 aromatic carbocycles. The zero-order valence-electron chi connectivity index (χ0n) is 11.9. The highest BCUT2D eigenvalue weighted by Crippen LogP contribution is 2.22. The average molecular weight is 256 g/mol. The molecule has 0 unspecified atom stereocenters. The van der Waals surface area contributed by atoms with Crippen LogP contribution in [-0.4, -0.2) is 12.9 Å². The third-order valence-electron chi connectivity index (χ3n) is 2.71. The largest absolute Gasteiger partial charge is 0.497 e. The van der Waals surface area contributed by atoms with Crippen molar-refractivity contribution in [3.8, 4) is 16.9 Å². The van der Waals surface area contributed by atoms with Crippen molar-refractivity contribution in [3.05, 3.63) is 54.1 Å². The number of carbonyl (C=O) groups is 1. The Labute approximate surface area is 115 Å². The molecule has 0 N–H and O–H groups in total. The molecular weight excluding hydrogens is 236 g/mol. The first-order valence-electron chi connectivity index (χ1n) is 6.46. The summed E-state index contributed by atoms with van der Waals surface area (Å²) in [6.07, 6.45) is 0. The molecule has 2 heteroatoms. The highest BCUT2D eigenvalue weighted by Gasteiger charge is 2.01. The second-order valence-corrected chi connectivity index (χ2v) is 3.86. The zero-order valence-corrected chi connectivity index (χ0v) is 11.9. The van der Waals surface area contributed by atoms with Crippen LogP contribution in [0.15, 0.2) is 48.5 Å². The Morgan fingerprint density at radius 2 is 1.26 bits per heavy atom. The maximum absolute atomic E-state index is 11.2. The molecule has 0 aliphatic rings. The van der Waals surface area contributed by atoms with Gasteiger partial charge in [-0.2, -0.15) is 0 Å². The van der Waals surface area contributed by atoms with Crippen LogP contribution in [0.2, 0.25) is 0 Å². The number of rotatable bonds is 3. The van der Waals surface area contributed by atoms with Crippen LogP contribution in [0.1, 0.15) is 31.1 Å². The van der Waals surface area contributed by atoms with Crippen LogP contribution in [-0.2, 0) is 0 Å². The van der Waals surface area contributed by atoms with Crippen LogP contribution in [0.5, 0.6) is 5.75 Å². The van der Waals surface area contributed by atoms with Crippen LogP contribution in [0.3, 0.4) is 0 Å². The minimum atomic E-state index is 0.0891. The Hall–Kier alpha value is -2.09. The van der Waals surface area contributed by atoms with E-state index < -0.39 is 0 Å². The summed E-state index contributed by atoms with van der Waals surface area (Å²) in [6.45, 7) is 5.57. The number of ketones is 1. The fourth-order valence-corrected chi connectivity index (χ4v) is 1.68. The molecule has 0 radical (unpaired) electrons. The molecule has 0 amide bonds. The van der Waals surface area contributed by atoms with Gasteiger partial charge in [-0.25, -0.2) is 0 Å². The van der Waals surface area contributed by atoms with Gasteiger partial charge >= 0.3 is 0 Å². The molecular formula is C17H20O2. The van der Waals surface area contributed by atoms with Crippen LogP contribution < -0.4 is 4.74 Å². The molecule has 0 aliphatic heterocycles. The second kappa shape index (κ2) is 7.37. The van der Waals surface area contributed by atoms with E-state index in [1.54, 1.807) is 14.0 Å². The smallest absolute Gasteiger partial charge is 0.159 e. The van der Waals surface area contributed by atoms with Crippen molar-refractivity contribution < 1.29 is 9.53 Å². The summed E-state index contributed by atoms with van der Waals surface area (Å²) in [5, 5.41) is 0. The zero-order chi connectivity index (χ0) is 14.3. The highest BCUT2D eigenvalue weighted by atomic mass is 16.5. The molecule has 2 nitrogen and oxygen atoms in total. The summed E-state index contributed by atoms with van der Waals surface area (Å²) in [7, 11) is 1.65. The van der Waals surface area contributed by atoms with Gasteiger partial charge in [0.2, 0.25) is 0 Å². The van der Waals surface area contributed by atoms with Gasteiger partial charge in [0.05, 0.1) is 7.11 Å². The molecule has 0 heterocycles. The number of methoxy groups -OCH3 is 1.